The molecule has 27 nitrogen and oxygen atoms in total. The number of aliphatic imine (C=N–C) groups is 4. The lowest BCUT2D eigenvalue weighted by molar-refractivity contribution is -0.127. The van der Waals surface area contributed by atoms with Gasteiger partial charge in [0.2, 0.25) is 5.91 Å². The number of nitrogens with one attached hydrogen (secondary N) is 4. The maximum absolute atomic E-state index is 14.3. The third-order valence-corrected chi connectivity index (χ3v) is 12.9. The molecular weight excluding hydrogens is 1070 g/mol. The number of nitrogens with zero attached hydrogens (tertiary/aromatic N) is 4. The Kier molecular flexibility index (Phi) is 29.0. The van der Waals surface area contributed by atoms with E-state index in [9.17, 15) is 38.4 Å². The van der Waals surface area contributed by atoms with Crippen molar-refractivity contribution in [3.63, 3.8) is 0 Å². The second-order valence-electron chi connectivity index (χ2n) is 19.3. The second kappa shape index (κ2) is 35.4. The van der Waals surface area contributed by atoms with Gasteiger partial charge in [-0.2, -0.15) is 0 Å². The summed E-state index contributed by atoms with van der Waals surface area (Å²) in [6.45, 7) is 4.13. The number of ketones is 4. The van der Waals surface area contributed by atoms with Crippen LogP contribution in [0.25, 0.3) is 0 Å². The molecule has 0 saturated carbocycles. The fourth-order valence-electron chi connectivity index (χ4n) is 8.54. The van der Waals surface area contributed by atoms with Crippen molar-refractivity contribution in [1.29, 1.82) is 0 Å². The zero-order valence-electron chi connectivity index (χ0n) is 47.9. The largest absolute Gasteiger partial charge is 0.496 e. The van der Waals surface area contributed by atoms with E-state index in [0.29, 0.717) is 42.5 Å². The van der Waals surface area contributed by atoms with Crippen LogP contribution in [0.1, 0.15) is 126 Å². The van der Waals surface area contributed by atoms with E-state index in [1.54, 1.807) is 32.0 Å². The molecule has 3 rings (SSSR count). The van der Waals surface area contributed by atoms with Gasteiger partial charge in [0.15, 0.2) is 47.0 Å². The summed E-state index contributed by atoms with van der Waals surface area (Å²) >= 11 is 0. The number of hydrogen-bond donors (Lipinski definition) is 12. The number of amides is 4. The van der Waals surface area contributed by atoms with Crippen molar-refractivity contribution < 1.29 is 52.6 Å². The topological polar surface area (TPSA) is 470 Å². The van der Waals surface area contributed by atoms with E-state index in [0.717, 1.165) is 0 Å². The minimum atomic E-state index is -1.13. The average molecular weight is 1160 g/mol. The Morgan fingerprint density at radius 1 is 0.434 bits per heavy atom. The molecule has 0 aliphatic rings. The summed E-state index contributed by atoms with van der Waals surface area (Å²) in [6, 6.07) is 9.77. The molecular formula is C56H82N16O11. The highest BCUT2D eigenvalue weighted by atomic mass is 16.5. The Morgan fingerprint density at radius 3 is 1.06 bits per heavy atom. The van der Waals surface area contributed by atoms with Gasteiger partial charge in [-0.05, 0) is 111 Å². The van der Waals surface area contributed by atoms with E-state index in [4.69, 9.17) is 60.1 Å². The maximum atomic E-state index is 14.3. The monoisotopic (exact) mass is 1150 g/mol. The summed E-state index contributed by atoms with van der Waals surface area (Å²) in [5.74, 6) is -3.79. The van der Waals surface area contributed by atoms with E-state index >= 15 is 0 Å². The molecule has 0 radical (unpaired) electrons. The van der Waals surface area contributed by atoms with E-state index in [2.05, 4.69) is 41.2 Å². The van der Waals surface area contributed by atoms with Crippen LogP contribution in [0.2, 0.25) is 0 Å². The predicted octanol–water partition coefficient (Wildman–Crippen LogP) is -0.169. The summed E-state index contributed by atoms with van der Waals surface area (Å²) in [6.07, 6.45) is 2.09. The van der Waals surface area contributed by atoms with Crippen molar-refractivity contribution in [3.05, 3.63) is 88.0 Å². The first-order valence-electron chi connectivity index (χ1n) is 27.0. The van der Waals surface area contributed by atoms with Gasteiger partial charge >= 0.3 is 0 Å². The number of ether oxygens (including phenoxy) is 3. The van der Waals surface area contributed by atoms with Crippen molar-refractivity contribution in [1.82, 2.24) is 21.3 Å². The molecule has 83 heavy (non-hydrogen) atoms. The van der Waals surface area contributed by atoms with Crippen LogP contribution < -0.4 is 81.3 Å². The summed E-state index contributed by atoms with van der Waals surface area (Å²) < 4.78 is 16.6. The minimum Gasteiger partial charge on any atom is -0.496 e. The number of rotatable bonds is 38. The quantitative estimate of drug-likeness (QED) is 0.0201. The normalized spacial score (nSPS) is 12.1. The number of methoxy groups -OCH3 is 3. The van der Waals surface area contributed by atoms with Crippen LogP contribution in [-0.2, 0) is 43.2 Å². The van der Waals surface area contributed by atoms with Crippen molar-refractivity contribution in [2.24, 2.45) is 65.8 Å². The van der Waals surface area contributed by atoms with Crippen molar-refractivity contribution in [2.75, 3.05) is 47.5 Å². The van der Waals surface area contributed by atoms with Crippen LogP contribution in [-0.4, -0.2) is 142 Å². The first kappa shape index (κ1) is 68.0. The molecule has 0 unspecified atom stereocenters. The first-order valence-corrected chi connectivity index (χ1v) is 27.0. The molecule has 0 aliphatic heterocycles. The third-order valence-electron chi connectivity index (χ3n) is 12.9. The maximum Gasteiger partial charge on any atom is 0.255 e. The van der Waals surface area contributed by atoms with Crippen LogP contribution in [0, 0.1) is 0 Å². The fraction of sp³-hybridized carbons (Fsp3) is 0.464. The summed E-state index contributed by atoms with van der Waals surface area (Å²) in [5, 5.41) is 11.1. The van der Waals surface area contributed by atoms with E-state index in [1.807, 2.05) is 0 Å². The average Bonchev–Trinajstić information content (AvgIpc) is 3.44. The van der Waals surface area contributed by atoms with Gasteiger partial charge in [0.1, 0.15) is 17.2 Å². The van der Waals surface area contributed by atoms with Gasteiger partial charge in [0.25, 0.3) is 17.7 Å². The van der Waals surface area contributed by atoms with E-state index in [-0.39, 0.29) is 159 Å². The number of hydrogen-bond acceptors (Lipinski definition) is 15. The third kappa shape index (κ3) is 24.1. The lowest BCUT2D eigenvalue weighted by Gasteiger charge is -2.21. The molecule has 3 aromatic carbocycles. The van der Waals surface area contributed by atoms with Crippen LogP contribution >= 0.6 is 0 Å². The Hall–Kier alpha value is -9.30. The highest BCUT2D eigenvalue weighted by molar-refractivity contribution is 6.03. The summed E-state index contributed by atoms with van der Waals surface area (Å²) in [5.41, 5.74) is 45.0. The molecule has 4 amide bonds. The van der Waals surface area contributed by atoms with E-state index < -0.39 is 53.5 Å². The van der Waals surface area contributed by atoms with Gasteiger partial charge in [0, 0.05) is 58.3 Å². The number of carbonyl (C=O) groups excluding carboxylic acids is 8. The van der Waals surface area contributed by atoms with Gasteiger partial charge in [-0.3, -0.25) is 58.3 Å². The Morgan fingerprint density at radius 2 is 0.747 bits per heavy atom. The zero-order valence-corrected chi connectivity index (χ0v) is 47.9. The highest BCUT2D eigenvalue weighted by Crippen LogP contribution is 2.25. The molecule has 0 aliphatic carbocycles. The molecule has 20 N–H and O–H groups in total. The first-order chi connectivity index (χ1) is 39.5. The molecule has 0 spiro atoms. The van der Waals surface area contributed by atoms with Gasteiger partial charge in [-0.15, -0.1) is 0 Å². The van der Waals surface area contributed by atoms with Gasteiger partial charge in [-0.25, -0.2) is 0 Å². The standard InChI is InChI=1S/C56H82N16O11/c1-6-42(73)39(12-9-23-66-54(59)60)70-50(78)37-27-34(17-20-47(37)82-4)30-44(75)41(14-11-25-68-56(63)64)72-52(80)38-28-35(18-21-48(38)83-5)31-45(76)40(13-10-24-67-55(61)62)71-51(79)36-26-33(16-19-46(36)81-3)29-43(74)32(2)69-49(77)15-7-8-22-65-53(57)58/h16-21,26-28,32,39-41H,6-15,22-25,29-31H2,1-5H3,(H,69,77)(H,70,78)(H,71,79)(H,72,80)(H4,57,58,65)(H4,59,60,66)(H4,61,62,67)(H4,63,64,68)/t32-,39-,40-,41-/m1/s1. The Bertz CT molecular complexity index is 2860. The number of Topliss-reactive ketones (excluding diaryl/α,β-unsaturated/α-hetero) is 4. The van der Waals surface area contributed by atoms with Crippen molar-refractivity contribution in [2.45, 2.75) is 121 Å². The highest BCUT2D eigenvalue weighted by Gasteiger charge is 2.28. The van der Waals surface area contributed by atoms with Gasteiger partial charge in [-0.1, -0.05) is 25.1 Å². The van der Waals surface area contributed by atoms with Gasteiger partial charge in [0.05, 0.1) is 62.2 Å². The molecule has 452 valence electrons. The SMILES string of the molecule is CCC(=O)[C@@H](CCCN=C(N)N)NC(=O)c1cc(CC(=O)[C@@H](CCCN=C(N)N)NC(=O)c2cc(CC(=O)[C@@H](CCCN=C(N)N)NC(=O)c3cc(CC(=O)[C@@H](C)NC(=O)CCCCN=C(N)N)ccc3OC)ccc2OC)ccc1OC. The lowest BCUT2D eigenvalue weighted by Crippen LogP contribution is -2.42. The zero-order chi connectivity index (χ0) is 61.6. The lowest BCUT2D eigenvalue weighted by atomic mass is 9.96. The Labute approximate surface area is 483 Å². The molecule has 0 saturated heterocycles. The molecule has 0 bridgehead atoms. The minimum absolute atomic E-state index is 0.0180. The number of unbranched alkanes of at least 4 members (excludes halogenated alkanes) is 1. The molecule has 0 fully saturated rings. The molecule has 0 aromatic heterocycles. The smallest absolute Gasteiger partial charge is 0.255 e. The van der Waals surface area contributed by atoms with Crippen LogP contribution in [0.4, 0.5) is 0 Å². The molecule has 27 heteroatoms. The van der Waals surface area contributed by atoms with Crippen LogP contribution in [0.15, 0.2) is 74.6 Å². The van der Waals surface area contributed by atoms with E-state index in [1.165, 1.54) is 57.7 Å². The molecule has 0 heterocycles. The van der Waals surface area contributed by atoms with Crippen LogP contribution in [0.3, 0.4) is 0 Å². The number of nitrogens with two attached hydrogens (primary N) is 8. The van der Waals surface area contributed by atoms with Crippen molar-refractivity contribution >= 4 is 70.6 Å². The summed E-state index contributed by atoms with van der Waals surface area (Å²) in [7, 11) is 4.09. The predicted molar refractivity (Wildman–Crippen MR) is 316 cm³/mol. The number of benzene rings is 3. The second-order valence-corrected chi connectivity index (χ2v) is 19.3. The Balaban J connectivity index is 1.89. The summed E-state index contributed by atoms with van der Waals surface area (Å²) in [4.78, 5) is 125. The molecule has 4 atom stereocenters. The van der Waals surface area contributed by atoms with Gasteiger partial charge < -0.3 is 81.3 Å². The number of guanidine groups is 4. The molecule has 3 aromatic rings. The number of carbonyl (C=O) groups is 8. The fourth-order valence-corrected chi connectivity index (χ4v) is 8.54. The van der Waals surface area contributed by atoms with Crippen LogP contribution in [0.5, 0.6) is 17.2 Å². The van der Waals surface area contributed by atoms with Crippen molar-refractivity contribution in [3.8, 4) is 17.2 Å².